The molecule has 0 bridgehead atoms. The molecular formula is C9H15N3O2S. The molecule has 0 aliphatic carbocycles. The molecule has 1 heterocycles. The molecule has 1 rings (SSSR count). The van der Waals surface area contributed by atoms with Crippen LogP contribution in [0.4, 0.5) is 0 Å². The number of nitrogens with zero attached hydrogens (tertiary/aromatic N) is 2. The van der Waals surface area contributed by atoms with Crippen molar-refractivity contribution >= 4 is 17.7 Å². The molecule has 6 heteroatoms. The maximum atomic E-state index is 11.4. The molecule has 5 nitrogen and oxygen atoms in total. The van der Waals surface area contributed by atoms with E-state index in [9.17, 15) is 4.79 Å². The maximum absolute atomic E-state index is 11.4. The van der Waals surface area contributed by atoms with Gasteiger partial charge in [0.05, 0.1) is 5.75 Å². The third-order valence-electron chi connectivity index (χ3n) is 1.35. The third kappa shape index (κ3) is 4.83. The highest BCUT2D eigenvalue weighted by molar-refractivity contribution is 7.99. The molecular weight excluding hydrogens is 214 g/mol. The summed E-state index contributed by atoms with van der Waals surface area (Å²) in [4.78, 5) is 11.4. The number of aromatic nitrogens is 2. The van der Waals surface area contributed by atoms with E-state index < -0.39 is 0 Å². The minimum atomic E-state index is -0.206. The van der Waals surface area contributed by atoms with E-state index in [0.717, 1.165) is 0 Å². The Morgan fingerprint density at radius 2 is 2.13 bits per heavy atom. The van der Waals surface area contributed by atoms with E-state index >= 15 is 0 Å². The Labute approximate surface area is 93.0 Å². The van der Waals surface area contributed by atoms with Crippen LogP contribution in [0, 0.1) is 6.92 Å². The van der Waals surface area contributed by atoms with Crippen molar-refractivity contribution in [3.63, 3.8) is 0 Å². The average Bonchev–Trinajstić information content (AvgIpc) is 2.45. The number of thioether (sulfide) groups is 1. The van der Waals surface area contributed by atoms with Crippen molar-refractivity contribution in [2.24, 2.45) is 0 Å². The smallest absolute Gasteiger partial charge is 0.277 e. The first-order valence-electron chi connectivity index (χ1n) is 4.61. The van der Waals surface area contributed by atoms with Crippen molar-refractivity contribution in [1.29, 1.82) is 0 Å². The molecule has 1 amide bonds. The summed E-state index contributed by atoms with van der Waals surface area (Å²) in [6, 6.07) is 0. The number of hydrogen-bond donors (Lipinski definition) is 1. The van der Waals surface area contributed by atoms with Crippen LogP contribution >= 0.6 is 11.8 Å². The summed E-state index contributed by atoms with van der Waals surface area (Å²) in [5, 5.41) is 10.7. The van der Waals surface area contributed by atoms with Crippen LogP contribution in [0.15, 0.2) is 9.64 Å². The predicted octanol–water partition coefficient (Wildman–Crippen LogP) is 1.38. The monoisotopic (exact) mass is 229 g/mol. The number of rotatable bonds is 3. The van der Waals surface area contributed by atoms with Crippen molar-refractivity contribution in [3.8, 4) is 0 Å². The lowest BCUT2D eigenvalue weighted by molar-refractivity contribution is -0.119. The molecule has 0 aliphatic rings. The van der Waals surface area contributed by atoms with Crippen LogP contribution in [-0.4, -0.2) is 27.4 Å². The van der Waals surface area contributed by atoms with Gasteiger partial charge in [-0.3, -0.25) is 4.79 Å². The highest BCUT2D eigenvalue weighted by Gasteiger charge is 2.14. The highest BCUT2D eigenvalue weighted by Crippen LogP contribution is 2.15. The van der Waals surface area contributed by atoms with Crippen LogP contribution in [0.3, 0.4) is 0 Å². The zero-order valence-electron chi connectivity index (χ0n) is 9.33. The molecule has 0 saturated heterocycles. The summed E-state index contributed by atoms with van der Waals surface area (Å²) in [5.74, 6) is 0.760. The molecule has 1 N–H and O–H groups in total. The predicted molar refractivity (Wildman–Crippen MR) is 57.7 cm³/mol. The van der Waals surface area contributed by atoms with Crippen LogP contribution in [0.1, 0.15) is 26.7 Å². The molecule has 0 aliphatic heterocycles. The van der Waals surface area contributed by atoms with E-state index in [1.54, 1.807) is 6.92 Å². The standard InChI is InChI=1S/C9H15N3O2S/c1-6-11-12-8(14-6)15-5-7(13)10-9(2,3)4/h5H2,1-4H3,(H,10,13). The lowest BCUT2D eigenvalue weighted by Crippen LogP contribution is -2.41. The molecule has 1 aromatic rings. The first-order valence-corrected chi connectivity index (χ1v) is 5.59. The van der Waals surface area contributed by atoms with Crippen LogP contribution < -0.4 is 5.32 Å². The molecule has 0 fully saturated rings. The number of hydrogen-bond acceptors (Lipinski definition) is 5. The second-order valence-corrected chi connectivity index (χ2v) is 5.10. The number of amides is 1. The highest BCUT2D eigenvalue weighted by atomic mass is 32.2. The fourth-order valence-electron chi connectivity index (χ4n) is 0.918. The van der Waals surface area contributed by atoms with Crippen LogP contribution in [0.2, 0.25) is 0 Å². The molecule has 84 valence electrons. The molecule has 0 spiro atoms. The fraction of sp³-hybridized carbons (Fsp3) is 0.667. The van der Waals surface area contributed by atoms with Gasteiger partial charge in [0.15, 0.2) is 0 Å². The van der Waals surface area contributed by atoms with Crippen LogP contribution in [0.25, 0.3) is 0 Å². The van der Waals surface area contributed by atoms with Crippen LogP contribution in [-0.2, 0) is 4.79 Å². The van der Waals surface area contributed by atoms with Gasteiger partial charge in [0.2, 0.25) is 11.8 Å². The van der Waals surface area contributed by atoms with E-state index in [2.05, 4.69) is 15.5 Å². The first kappa shape index (κ1) is 12.0. The van der Waals surface area contributed by atoms with E-state index in [-0.39, 0.29) is 11.4 Å². The third-order valence-corrected chi connectivity index (χ3v) is 2.17. The van der Waals surface area contributed by atoms with E-state index in [4.69, 9.17) is 4.42 Å². The van der Waals surface area contributed by atoms with Crippen molar-refractivity contribution < 1.29 is 9.21 Å². The largest absolute Gasteiger partial charge is 0.416 e. The van der Waals surface area contributed by atoms with Gasteiger partial charge in [0.1, 0.15) is 0 Å². The number of nitrogens with one attached hydrogen (secondary N) is 1. The van der Waals surface area contributed by atoms with Gasteiger partial charge in [0.25, 0.3) is 5.22 Å². The molecule has 0 aromatic carbocycles. The summed E-state index contributed by atoms with van der Waals surface area (Å²) in [7, 11) is 0. The van der Waals surface area contributed by atoms with E-state index in [0.29, 0.717) is 16.9 Å². The Morgan fingerprint density at radius 1 is 1.47 bits per heavy atom. The number of carbonyl (C=O) groups excluding carboxylic acids is 1. The Morgan fingerprint density at radius 3 is 2.60 bits per heavy atom. The molecule has 0 radical (unpaired) electrons. The normalized spacial score (nSPS) is 11.5. The minimum Gasteiger partial charge on any atom is -0.416 e. The zero-order chi connectivity index (χ0) is 11.5. The number of carbonyl (C=O) groups is 1. The maximum Gasteiger partial charge on any atom is 0.277 e. The molecule has 15 heavy (non-hydrogen) atoms. The SMILES string of the molecule is Cc1nnc(SCC(=O)NC(C)(C)C)o1. The fourth-order valence-corrected chi connectivity index (χ4v) is 1.52. The van der Waals surface area contributed by atoms with Crippen molar-refractivity contribution in [1.82, 2.24) is 15.5 Å². The summed E-state index contributed by atoms with van der Waals surface area (Å²) in [5.41, 5.74) is -0.206. The van der Waals surface area contributed by atoms with Gasteiger partial charge in [-0.15, -0.1) is 10.2 Å². The quantitative estimate of drug-likeness (QED) is 0.793. The van der Waals surface area contributed by atoms with Crippen molar-refractivity contribution in [3.05, 3.63) is 5.89 Å². The van der Waals surface area contributed by atoms with Gasteiger partial charge in [-0.25, -0.2) is 0 Å². The first-order chi connectivity index (χ1) is 6.87. The Kier molecular flexibility index (Phi) is 3.73. The van der Waals surface area contributed by atoms with Crippen molar-refractivity contribution in [2.75, 3.05) is 5.75 Å². The lowest BCUT2D eigenvalue weighted by Gasteiger charge is -2.19. The molecule has 0 saturated carbocycles. The van der Waals surface area contributed by atoms with Gasteiger partial charge < -0.3 is 9.73 Å². The lowest BCUT2D eigenvalue weighted by atomic mass is 10.1. The summed E-state index contributed by atoms with van der Waals surface area (Å²) >= 11 is 1.24. The summed E-state index contributed by atoms with van der Waals surface area (Å²) < 4.78 is 5.12. The molecule has 0 unspecified atom stereocenters. The summed E-state index contributed by atoms with van der Waals surface area (Å²) in [6.45, 7) is 7.53. The van der Waals surface area contributed by atoms with Gasteiger partial charge in [-0.05, 0) is 20.8 Å². The average molecular weight is 229 g/mol. The second kappa shape index (κ2) is 4.65. The Bertz CT molecular complexity index is 343. The van der Waals surface area contributed by atoms with Gasteiger partial charge in [0, 0.05) is 12.5 Å². The van der Waals surface area contributed by atoms with Gasteiger partial charge in [-0.2, -0.15) is 0 Å². The van der Waals surface area contributed by atoms with E-state index in [1.165, 1.54) is 11.8 Å². The second-order valence-electron chi connectivity index (χ2n) is 4.17. The molecule has 1 aromatic heterocycles. The van der Waals surface area contributed by atoms with Crippen LogP contribution in [0.5, 0.6) is 0 Å². The Hall–Kier alpha value is -1.04. The minimum absolute atomic E-state index is 0.0386. The topological polar surface area (TPSA) is 68.0 Å². The summed E-state index contributed by atoms with van der Waals surface area (Å²) in [6.07, 6.45) is 0. The van der Waals surface area contributed by atoms with Gasteiger partial charge >= 0.3 is 0 Å². The zero-order valence-corrected chi connectivity index (χ0v) is 10.1. The Balaban J connectivity index is 2.35. The number of aryl methyl sites for hydroxylation is 1. The van der Waals surface area contributed by atoms with Crippen molar-refractivity contribution in [2.45, 2.75) is 38.5 Å². The van der Waals surface area contributed by atoms with E-state index in [1.807, 2.05) is 20.8 Å². The molecule has 0 atom stereocenters. The van der Waals surface area contributed by atoms with Gasteiger partial charge in [-0.1, -0.05) is 11.8 Å².